The fourth-order valence-corrected chi connectivity index (χ4v) is 2.83. The summed E-state index contributed by atoms with van der Waals surface area (Å²) in [5, 5.41) is 0. The minimum Gasteiger partial charge on any atom is -0.339 e. The van der Waals surface area contributed by atoms with E-state index >= 15 is 0 Å². The predicted octanol–water partition coefficient (Wildman–Crippen LogP) is 3.54. The number of rotatable bonds is 3. The summed E-state index contributed by atoms with van der Waals surface area (Å²) in [5.41, 5.74) is 3.04. The zero-order chi connectivity index (χ0) is 12.5. The summed E-state index contributed by atoms with van der Waals surface area (Å²) in [6.07, 6.45) is 11.6. The Hall–Kier alpha value is -1.57. The minimum absolute atomic E-state index is 0.00414. The normalized spacial score (nSPS) is 23.0. The summed E-state index contributed by atoms with van der Waals surface area (Å²) < 4.78 is 2.30. The molecular weight excluding hydrogens is 210 g/mol. The Kier molecular flexibility index (Phi) is 3.05. The van der Waals surface area contributed by atoms with E-state index in [1.165, 1.54) is 0 Å². The van der Waals surface area contributed by atoms with Crippen molar-refractivity contribution in [3.63, 3.8) is 0 Å². The fraction of sp³-hybridized carbons (Fsp3) is 0.400. The van der Waals surface area contributed by atoms with E-state index in [0.29, 0.717) is 0 Å². The Morgan fingerprint density at radius 1 is 1.41 bits per heavy atom. The molecule has 0 bridgehead atoms. The third-order valence-corrected chi connectivity index (χ3v) is 3.78. The lowest BCUT2D eigenvalue weighted by atomic mass is 9.87. The molecule has 1 atom stereocenters. The lowest BCUT2D eigenvalue weighted by Crippen LogP contribution is -2.33. The number of aryl methyl sites for hydroxylation is 1. The molecule has 0 saturated heterocycles. The molecule has 1 aliphatic rings. The molecule has 2 nitrogen and oxygen atoms in total. The maximum absolute atomic E-state index is 11.0. The van der Waals surface area contributed by atoms with E-state index in [4.69, 9.17) is 0 Å². The van der Waals surface area contributed by atoms with Crippen molar-refractivity contribution in [3.05, 3.63) is 47.3 Å². The van der Waals surface area contributed by atoms with Crippen LogP contribution >= 0.6 is 0 Å². The van der Waals surface area contributed by atoms with Gasteiger partial charge in [0.1, 0.15) is 0 Å². The van der Waals surface area contributed by atoms with Crippen LogP contribution in [0.25, 0.3) is 0 Å². The summed E-state index contributed by atoms with van der Waals surface area (Å²) in [4.78, 5) is 11.0. The number of aldehydes is 1. The average Bonchev–Trinajstić information content (AvgIpc) is 2.65. The SMILES string of the molecule is CC[C@]1(n2c(C)cc(C=O)c2C)C=CC=CC1. The van der Waals surface area contributed by atoms with Crippen molar-refractivity contribution in [1.29, 1.82) is 0 Å². The predicted molar refractivity (Wildman–Crippen MR) is 70.5 cm³/mol. The highest BCUT2D eigenvalue weighted by molar-refractivity contribution is 5.77. The first-order valence-electron chi connectivity index (χ1n) is 6.13. The second-order valence-electron chi connectivity index (χ2n) is 4.73. The summed E-state index contributed by atoms with van der Waals surface area (Å²) >= 11 is 0. The van der Waals surface area contributed by atoms with E-state index in [9.17, 15) is 4.79 Å². The Morgan fingerprint density at radius 2 is 2.18 bits per heavy atom. The standard InChI is InChI=1S/C15H19NO/c1-4-15(8-6-5-7-9-15)16-12(2)10-14(11-17)13(16)3/h5-8,10-11H,4,9H2,1-3H3/t15-/m0/s1. The van der Waals surface area contributed by atoms with Crippen molar-refractivity contribution in [2.24, 2.45) is 0 Å². The van der Waals surface area contributed by atoms with Gasteiger partial charge < -0.3 is 4.57 Å². The van der Waals surface area contributed by atoms with Gasteiger partial charge in [0, 0.05) is 17.0 Å². The van der Waals surface area contributed by atoms with Gasteiger partial charge in [-0.15, -0.1) is 0 Å². The van der Waals surface area contributed by atoms with Crippen molar-refractivity contribution < 1.29 is 4.79 Å². The zero-order valence-electron chi connectivity index (χ0n) is 10.7. The van der Waals surface area contributed by atoms with E-state index in [-0.39, 0.29) is 5.54 Å². The van der Waals surface area contributed by atoms with Crippen LogP contribution < -0.4 is 0 Å². The smallest absolute Gasteiger partial charge is 0.151 e. The van der Waals surface area contributed by atoms with Gasteiger partial charge in [-0.1, -0.05) is 31.2 Å². The molecule has 0 unspecified atom stereocenters. The van der Waals surface area contributed by atoms with Gasteiger partial charge in [0.15, 0.2) is 6.29 Å². The van der Waals surface area contributed by atoms with Crippen LogP contribution in [0.1, 0.15) is 41.5 Å². The first kappa shape index (κ1) is 11.9. The molecule has 90 valence electrons. The quantitative estimate of drug-likeness (QED) is 0.727. The summed E-state index contributed by atoms with van der Waals surface area (Å²) in [6.45, 7) is 6.30. The van der Waals surface area contributed by atoms with Crippen LogP contribution in [0.4, 0.5) is 0 Å². The molecule has 0 aliphatic heterocycles. The first-order chi connectivity index (χ1) is 8.14. The summed E-state index contributed by atoms with van der Waals surface area (Å²) in [6, 6.07) is 1.98. The molecule has 1 aliphatic carbocycles. The third-order valence-electron chi connectivity index (χ3n) is 3.78. The first-order valence-corrected chi connectivity index (χ1v) is 6.13. The molecule has 0 saturated carbocycles. The second-order valence-corrected chi connectivity index (χ2v) is 4.73. The lowest BCUT2D eigenvalue weighted by molar-refractivity contribution is 0.112. The number of allylic oxidation sites excluding steroid dienone is 4. The maximum atomic E-state index is 11.0. The van der Waals surface area contributed by atoms with E-state index in [1.807, 2.05) is 13.0 Å². The van der Waals surface area contributed by atoms with Gasteiger partial charge >= 0.3 is 0 Å². The largest absolute Gasteiger partial charge is 0.339 e. The second kappa shape index (κ2) is 4.36. The molecule has 0 radical (unpaired) electrons. The van der Waals surface area contributed by atoms with Gasteiger partial charge in [0.25, 0.3) is 0 Å². The van der Waals surface area contributed by atoms with Crippen LogP contribution in [-0.4, -0.2) is 10.9 Å². The number of hydrogen-bond acceptors (Lipinski definition) is 1. The Balaban J connectivity index is 2.59. The van der Waals surface area contributed by atoms with Gasteiger partial charge in [-0.2, -0.15) is 0 Å². The van der Waals surface area contributed by atoms with Gasteiger partial charge in [-0.25, -0.2) is 0 Å². The van der Waals surface area contributed by atoms with Crippen molar-refractivity contribution in [2.75, 3.05) is 0 Å². The molecule has 0 fully saturated rings. The molecule has 0 amide bonds. The van der Waals surface area contributed by atoms with Crippen molar-refractivity contribution in [2.45, 2.75) is 39.2 Å². The third kappa shape index (κ3) is 1.78. The van der Waals surface area contributed by atoms with Crippen LogP contribution in [0.5, 0.6) is 0 Å². The molecular formula is C15H19NO. The Bertz CT molecular complexity index is 493. The summed E-state index contributed by atoms with van der Waals surface area (Å²) in [5.74, 6) is 0. The van der Waals surface area contributed by atoms with Gasteiger partial charge in [-0.05, 0) is 32.8 Å². The molecule has 0 aromatic carbocycles. The van der Waals surface area contributed by atoms with Crippen LogP contribution in [-0.2, 0) is 5.54 Å². The van der Waals surface area contributed by atoms with Gasteiger partial charge in [0.2, 0.25) is 0 Å². The fourth-order valence-electron chi connectivity index (χ4n) is 2.83. The lowest BCUT2D eigenvalue weighted by Gasteiger charge is -2.35. The van der Waals surface area contributed by atoms with Crippen LogP contribution in [0, 0.1) is 13.8 Å². The van der Waals surface area contributed by atoms with Crippen molar-refractivity contribution in [1.82, 2.24) is 4.57 Å². The van der Waals surface area contributed by atoms with Gasteiger partial charge in [0.05, 0.1) is 5.54 Å². The molecule has 1 aromatic heterocycles. The highest BCUT2D eigenvalue weighted by atomic mass is 16.1. The molecule has 1 heterocycles. The zero-order valence-corrected chi connectivity index (χ0v) is 10.7. The van der Waals surface area contributed by atoms with Crippen LogP contribution in [0.2, 0.25) is 0 Å². The van der Waals surface area contributed by atoms with E-state index in [0.717, 1.165) is 36.1 Å². The topological polar surface area (TPSA) is 22.0 Å². The molecule has 2 rings (SSSR count). The number of hydrogen-bond donors (Lipinski definition) is 0. The van der Waals surface area contributed by atoms with Crippen molar-refractivity contribution >= 4 is 6.29 Å². The molecule has 2 heteroatoms. The number of carbonyl (C=O) groups is 1. The van der Waals surface area contributed by atoms with Gasteiger partial charge in [-0.3, -0.25) is 4.79 Å². The monoisotopic (exact) mass is 229 g/mol. The molecule has 1 aromatic rings. The maximum Gasteiger partial charge on any atom is 0.151 e. The van der Waals surface area contributed by atoms with E-state index in [1.54, 1.807) is 0 Å². The number of aromatic nitrogens is 1. The highest BCUT2D eigenvalue weighted by Gasteiger charge is 2.30. The highest BCUT2D eigenvalue weighted by Crippen LogP contribution is 2.34. The Labute approximate surface area is 103 Å². The molecule has 17 heavy (non-hydrogen) atoms. The van der Waals surface area contributed by atoms with Crippen LogP contribution in [0.15, 0.2) is 30.4 Å². The van der Waals surface area contributed by atoms with Crippen LogP contribution in [0.3, 0.4) is 0 Å². The minimum atomic E-state index is 0.00414. The average molecular weight is 229 g/mol. The van der Waals surface area contributed by atoms with Crippen molar-refractivity contribution in [3.8, 4) is 0 Å². The summed E-state index contributed by atoms with van der Waals surface area (Å²) in [7, 11) is 0. The number of carbonyl (C=O) groups excluding carboxylic acids is 1. The van der Waals surface area contributed by atoms with E-state index < -0.39 is 0 Å². The van der Waals surface area contributed by atoms with E-state index in [2.05, 4.69) is 42.7 Å². The Morgan fingerprint density at radius 3 is 2.65 bits per heavy atom. The molecule has 0 N–H and O–H groups in total. The molecule has 0 spiro atoms. The number of nitrogens with zero attached hydrogens (tertiary/aromatic N) is 1.